The number of anilines is 2. The van der Waals surface area contributed by atoms with Crippen LogP contribution in [0.25, 0.3) is 5.69 Å². The van der Waals surface area contributed by atoms with Crippen molar-refractivity contribution < 1.29 is 9.47 Å². The van der Waals surface area contributed by atoms with Gasteiger partial charge in [0, 0.05) is 49.6 Å². The number of benzene rings is 2. The van der Waals surface area contributed by atoms with Crippen molar-refractivity contribution in [3.05, 3.63) is 96.6 Å². The van der Waals surface area contributed by atoms with E-state index >= 15 is 0 Å². The molecule has 0 bridgehead atoms. The second-order valence-corrected chi connectivity index (χ2v) is 9.13. The van der Waals surface area contributed by atoms with E-state index in [1.807, 2.05) is 56.7 Å². The number of pyridine rings is 1. The molecule has 0 amide bonds. The van der Waals surface area contributed by atoms with Crippen LogP contribution in [0.2, 0.25) is 0 Å². The molecule has 3 heterocycles. The van der Waals surface area contributed by atoms with Crippen LogP contribution in [0.15, 0.2) is 85.2 Å². The SMILES string of the molecule is COc1ccc(OC)c(N2C(=S)N[C@H](c3ccccn3)[C@H]2c2cccn2-c2ccc(N(C)C)cc2)c1. The molecule has 1 fully saturated rings. The number of nitrogens with zero attached hydrogens (tertiary/aromatic N) is 4. The van der Waals surface area contributed by atoms with Crippen molar-refractivity contribution in [1.82, 2.24) is 14.9 Å². The molecule has 2 atom stereocenters. The van der Waals surface area contributed by atoms with Gasteiger partial charge in [-0.3, -0.25) is 4.98 Å². The highest BCUT2D eigenvalue weighted by Gasteiger charge is 2.43. The van der Waals surface area contributed by atoms with Crippen molar-refractivity contribution in [3.63, 3.8) is 0 Å². The first-order chi connectivity index (χ1) is 17.5. The van der Waals surface area contributed by atoms with Gasteiger partial charge < -0.3 is 29.2 Å². The van der Waals surface area contributed by atoms with Crippen LogP contribution < -0.4 is 24.6 Å². The van der Waals surface area contributed by atoms with E-state index in [1.54, 1.807) is 14.2 Å². The normalized spacial score (nSPS) is 17.1. The number of rotatable bonds is 7. The summed E-state index contributed by atoms with van der Waals surface area (Å²) in [5, 5.41) is 4.12. The molecule has 1 aliphatic rings. The average molecular weight is 500 g/mol. The highest BCUT2D eigenvalue weighted by atomic mass is 32.1. The molecular formula is C28H29N5O2S. The Morgan fingerprint density at radius 2 is 1.75 bits per heavy atom. The van der Waals surface area contributed by atoms with Crippen molar-refractivity contribution in [2.45, 2.75) is 12.1 Å². The molecule has 1 saturated heterocycles. The zero-order valence-electron chi connectivity index (χ0n) is 20.8. The van der Waals surface area contributed by atoms with Crippen LogP contribution in [0.1, 0.15) is 23.5 Å². The number of nitrogens with one attached hydrogen (secondary N) is 1. The predicted molar refractivity (Wildman–Crippen MR) is 148 cm³/mol. The molecular weight excluding hydrogens is 470 g/mol. The van der Waals surface area contributed by atoms with Crippen LogP contribution in [0.4, 0.5) is 11.4 Å². The number of methoxy groups -OCH3 is 2. The lowest BCUT2D eigenvalue weighted by Crippen LogP contribution is -2.30. The molecule has 8 heteroatoms. The van der Waals surface area contributed by atoms with Gasteiger partial charge in [-0.25, -0.2) is 0 Å². The van der Waals surface area contributed by atoms with Crippen molar-refractivity contribution in [2.24, 2.45) is 0 Å². The molecule has 0 unspecified atom stereocenters. The number of hydrogen-bond acceptors (Lipinski definition) is 5. The Morgan fingerprint density at radius 3 is 2.42 bits per heavy atom. The average Bonchev–Trinajstić information content (AvgIpc) is 3.53. The van der Waals surface area contributed by atoms with Gasteiger partial charge in [0.05, 0.1) is 31.6 Å². The number of ether oxygens (including phenoxy) is 2. The maximum absolute atomic E-state index is 5.92. The Morgan fingerprint density at radius 1 is 0.944 bits per heavy atom. The minimum absolute atomic E-state index is 0.177. The predicted octanol–water partition coefficient (Wildman–Crippen LogP) is 5.13. The summed E-state index contributed by atoms with van der Waals surface area (Å²) in [6.45, 7) is 0. The van der Waals surface area contributed by atoms with E-state index in [2.05, 4.69) is 67.3 Å². The third kappa shape index (κ3) is 4.24. The molecule has 0 saturated carbocycles. The molecule has 1 aliphatic heterocycles. The highest BCUT2D eigenvalue weighted by Crippen LogP contribution is 2.46. The Bertz CT molecular complexity index is 1350. The number of hydrogen-bond donors (Lipinski definition) is 1. The zero-order chi connectivity index (χ0) is 25.2. The van der Waals surface area contributed by atoms with Crippen molar-refractivity contribution >= 4 is 28.7 Å². The van der Waals surface area contributed by atoms with E-state index in [4.69, 9.17) is 21.7 Å². The minimum Gasteiger partial charge on any atom is -0.497 e. The molecule has 0 radical (unpaired) electrons. The molecule has 7 nitrogen and oxygen atoms in total. The Labute approximate surface area is 216 Å². The topological polar surface area (TPSA) is 54.8 Å². The zero-order valence-corrected chi connectivity index (χ0v) is 21.6. The van der Waals surface area contributed by atoms with E-state index in [9.17, 15) is 0 Å². The quantitative estimate of drug-likeness (QED) is 0.354. The summed E-state index contributed by atoms with van der Waals surface area (Å²) in [4.78, 5) is 8.87. The standard InChI is InChI=1S/C28H29N5O2S/c1-31(2)19-10-12-20(13-11-19)32-17-7-9-23(32)27-26(22-8-5-6-16-29-22)30-28(36)33(27)24-18-21(34-3)14-15-25(24)35-4/h5-18,26-27H,1-4H3,(H,30,36)/t26-,27-/m1/s1. The first-order valence-electron chi connectivity index (χ1n) is 11.7. The van der Waals surface area contributed by atoms with Crippen LogP contribution >= 0.6 is 12.2 Å². The van der Waals surface area contributed by atoms with Gasteiger partial charge >= 0.3 is 0 Å². The summed E-state index contributed by atoms with van der Waals surface area (Å²) in [6.07, 6.45) is 3.89. The van der Waals surface area contributed by atoms with Gasteiger partial charge in [0.2, 0.25) is 0 Å². The molecule has 2 aromatic carbocycles. The molecule has 0 aliphatic carbocycles. The van der Waals surface area contributed by atoms with E-state index in [0.29, 0.717) is 10.9 Å². The van der Waals surface area contributed by atoms with Crippen LogP contribution in [-0.4, -0.2) is 43.0 Å². The first kappa shape index (κ1) is 23.7. The molecule has 1 N–H and O–H groups in total. The molecule has 184 valence electrons. The fraction of sp³-hybridized carbons (Fsp3) is 0.214. The third-order valence-electron chi connectivity index (χ3n) is 6.47. The second-order valence-electron chi connectivity index (χ2n) is 8.75. The van der Waals surface area contributed by atoms with E-state index < -0.39 is 0 Å². The lowest BCUT2D eigenvalue weighted by atomic mass is 10.0. The summed E-state index contributed by atoms with van der Waals surface area (Å²) in [6, 6.07) is 24.0. The largest absolute Gasteiger partial charge is 0.497 e. The molecule has 2 aromatic heterocycles. The van der Waals surface area contributed by atoms with Crippen LogP contribution in [-0.2, 0) is 0 Å². The maximum atomic E-state index is 5.92. The lowest BCUT2D eigenvalue weighted by molar-refractivity contribution is 0.402. The summed E-state index contributed by atoms with van der Waals surface area (Å²) >= 11 is 5.92. The number of thiocarbonyl (C=S) groups is 1. The van der Waals surface area contributed by atoms with Crippen LogP contribution in [0, 0.1) is 0 Å². The van der Waals surface area contributed by atoms with Crippen LogP contribution in [0.5, 0.6) is 11.5 Å². The first-order valence-corrected chi connectivity index (χ1v) is 12.1. The smallest absolute Gasteiger partial charge is 0.174 e. The van der Waals surface area contributed by atoms with E-state index in [0.717, 1.165) is 34.2 Å². The van der Waals surface area contributed by atoms with Gasteiger partial charge in [-0.15, -0.1) is 0 Å². The fourth-order valence-electron chi connectivity index (χ4n) is 4.68. The maximum Gasteiger partial charge on any atom is 0.174 e. The van der Waals surface area contributed by atoms with Gasteiger partial charge in [-0.2, -0.15) is 0 Å². The van der Waals surface area contributed by atoms with Crippen LogP contribution in [0.3, 0.4) is 0 Å². The monoisotopic (exact) mass is 499 g/mol. The van der Waals surface area contributed by atoms with Gasteiger partial charge in [-0.05, 0) is 72.9 Å². The van der Waals surface area contributed by atoms with Gasteiger partial charge in [-0.1, -0.05) is 6.07 Å². The molecule has 36 heavy (non-hydrogen) atoms. The van der Waals surface area contributed by atoms with Gasteiger partial charge in [0.25, 0.3) is 0 Å². The Balaban J connectivity index is 1.67. The summed E-state index contributed by atoms with van der Waals surface area (Å²) in [5.74, 6) is 1.43. The Hall–Kier alpha value is -4.04. The van der Waals surface area contributed by atoms with E-state index in [1.165, 1.54) is 0 Å². The van der Waals surface area contributed by atoms with Crippen molar-refractivity contribution in [1.29, 1.82) is 0 Å². The highest BCUT2D eigenvalue weighted by molar-refractivity contribution is 7.80. The third-order valence-corrected chi connectivity index (χ3v) is 6.79. The Kier molecular flexibility index (Phi) is 6.52. The second kappa shape index (κ2) is 9.91. The van der Waals surface area contributed by atoms with E-state index in [-0.39, 0.29) is 12.1 Å². The van der Waals surface area contributed by atoms with Gasteiger partial charge in [0.15, 0.2) is 5.11 Å². The fourth-order valence-corrected chi connectivity index (χ4v) is 5.02. The molecule has 5 rings (SSSR count). The molecule has 0 spiro atoms. The van der Waals surface area contributed by atoms with Crippen molar-refractivity contribution in [2.75, 3.05) is 38.1 Å². The lowest BCUT2D eigenvalue weighted by Gasteiger charge is -2.30. The molecule has 4 aromatic rings. The summed E-state index contributed by atoms with van der Waals surface area (Å²) in [5.41, 5.74) is 5.01. The van der Waals surface area contributed by atoms with Gasteiger partial charge in [0.1, 0.15) is 17.5 Å². The van der Waals surface area contributed by atoms with Crippen molar-refractivity contribution in [3.8, 4) is 17.2 Å². The number of aromatic nitrogens is 2. The minimum atomic E-state index is -0.197. The summed E-state index contributed by atoms with van der Waals surface area (Å²) < 4.78 is 13.5. The summed E-state index contributed by atoms with van der Waals surface area (Å²) in [7, 11) is 7.40.